The van der Waals surface area contributed by atoms with Gasteiger partial charge in [-0.25, -0.2) is 4.79 Å². The Hall–Kier alpha value is -2.43. The fraction of sp³-hybridized carbons (Fsp3) is 0.154. The number of fused-ring (bicyclic) bond motifs is 1. The molecule has 92 valence electrons. The minimum Gasteiger partial charge on any atom is -0.478 e. The van der Waals surface area contributed by atoms with E-state index in [1.54, 1.807) is 18.2 Å². The fourth-order valence-electron chi connectivity index (χ4n) is 1.97. The van der Waals surface area contributed by atoms with Crippen LogP contribution in [-0.4, -0.2) is 22.8 Å². The quantitative estimate of drug-likeness (QED) is 0.771. The molecule has 0 atom stereocenters. The molecule has 0 saturated carbocycles. The van der Waals surface area contributed by atoms with E-state index in [1.807, 2.05) is 0 Å². The lowest BCUT2D eigenvalue weighted by Crippen LogP contribution is -2.06. The zero-order chi connectivity index (χ0) is 13.3. The maximum Gasteiger partial charge on any atom is 0.328 e. The second-order valence-corrected chi connectivity index (χ2v) is 4.07. The summed E-state index contributed by atoms with van der Waals surface area (Å²) in [6.07, 6.45) is 1.22. The summed E-state index contributed by atoms with van der Waals surface area (Å²) >= 11 is 0. The van der Waals surface area contributed by atoms with Crippen molar-refractivity contribution in [1.82, 2.24) is 0 Å². The van der Waals surface area contributed by atoms with Gasteiger partial charge in [-0.3, -0.25) is 9.59 Å². The Morgan fingerprint density at radius 2 is 2.11 bits per heavy atom. The van der Waals surface area contributed by atoms with E-state index in [0.29, 0.717) is 11.3 Å². The van der Waals surface area contributed by atoms with Gasteiger partial charge in [0.2, 0.25) is 5.91 Å². The number of Topliss-reactive ketones (excluding diaryl/α,β-unsaturated/α-hetero) is 1. The Kier molecular flexibility index (Phi) is 2.97. The molecule has 2 N–H and O–H groups in total. The molecule has 1 aliphatic rings. The smallest absolute Gasteiger partial charge is 0.328 e. The number of ketones is 1. The summed E-state index contributed by atoms with van der Waals surface area (Å²) in [6.45, 7) is 1.40. The minimum absolute atomic E-state index is 0.194. The molecule has 5 nitrogen and oxygen atoms in total. The number of anilines is 1. The number of aliphatic carboxylic acids is 1. The predicted octanol–water partition coefficient (Wildman–Crippen LogP) is 1.39. The lowest BCUT2D eigenvalue weighted by Gasteiger charge is -2.03. The first-order chi connectivity index (χ1) is 8.47. The lowest BCUT2D eigenvalue weighted by atomic mass is 10.1. The minimum atomic E-state index is -1.13. The van der Waals surface area contributed by atoms with Crippen LogP contribution < -0.4 is 5.32 Å². The van der Waals surface area contributed by atoms with Gasteiger partial charge in [-0.2, -0.15) is 0 Å². The highest BCUT2D eigenvalue weighted by Crippen LogP contribution is 2.28. The normalized spacial score (nSPS) is 15.6. The zero-order valence-electron chi connectivity index (χ0n) is 9.69. The van der Waals surface area contributed by atoms with E-state index in [2.05, 4.69) is 5.32 Å². The van der Waals surface area contributed by atoms with Crippen molar-refractivity contribution in [2.24, 2.45) is 0 Å². The van der Waals surface area contributed by atoms with Crippen molar-refractivity contribution in [1.29, 1.82) is 0 Å². The summed E-state index contributed by atoms with van der Waals surface area (Å²) in [4.78, 5) is 33.3. The highest BCUT2D eigenvalue weighted by molar-refractivity contribution is 6.15. The van der Waals surface area contributed by atoms with Crippen LogP contribution in [0.3, 0.4) is 0 Å². The third-order valence-electron chi connectivity index (χ3n) is 2.64. The number of nitrogens with one attached hydrogen (secondary N) is 1. The van der Waals surface area contributed by atoms with Gasteiger partial charge in [-0.15, -0.1) is 0 Å². The van der Waals surface area contributed by atoms with Gasteiger partial charge < -0.3 is 10.4 Å². The highest BCUT2D eigenvalue weighted by atomic mass is 16.4. The predicted molar refractivity (Wildman–Crippen MR) is 64.5 cm³/mol. The van der Waals surface area contributed by atoms with E-state index in [1.165, 1.54) is 6.92 Å². The van der Waals surface area contributed by atoms with Crippen LogP contribution in [0.25, 0.3) is 0 Å². The molecule has 1 aromatic carbocycles. The van der Waals surface area contributed by atoms with Crippen LogP contribution in [-0.2, 0) is 16.0 Å². The van der Waals surface area contributed by atoms with Crippen LogP contribution in [0.2, 0.25) is 0 Å². The molecular formula is C13H11NO4. The molecule has 18 heavy (non-hydrogen) atoms. The van der Waals surface area contributed by atoms with Crippen molar-refractivity contribution < 1.29 is 19.5 Å². The third kappa shape index (κ3) is 2.29. The van der Waals surface area contributed by atoms with E-state index in [9.17, 15) is 14.4 Å². The van der Waals surface area contributed by atoms with Gasteiger partial charge in [0.25, 0.3) is 0 Å². The number of carboxylic acid groups (broad SMARTS) is 1. The standard InChI is InChI=1S/C13H11NO4/c1-7(15)14-10-2-3-11-8(5-10)4-9(13(11)18)6-12(16)17/h2-3,5-6H,4H2,1H3,(H,14,15)(H,16,17)/b9-6+. The van der Waals surface area contributed by atoms with Crippen molar-refractivity contribution in [3.8, 4) is 0 Å². The molecule has 0 bridgehead atoms. The molecule has 0 saturated heterocycles. The number of amides is 1. The number of carbonyl (C=O) groups is 3. The Labute approximate surface area is 103 Å². The number of carboxylic acids is 1. The zero-order valence-corrected chi connectivity index (χ0v) is 9.69. The molecule has 0 radical (unpaired) electrons. The number of benzene rings is 1. The average Bonchev–Trinajstić information content (AvgIpc) is 2.54. The molecule has 0 aromatic heterocycles. The summed E-state index contributed by atoms with van der Waals surface area (Å²) in [5.74, 6) is -1.59. The van der Waals surface area contributed by atoms with Gasteiger partial charge in [0.05, 0.1) is 0 Å². The molecule has 0 aliphatic heterocycles. The summed E-state index contributed by atoms with van der Waals surface area (Å²) < 4.78 is 0. The van der Waals surface area contributed by atoms with Gasteiger partial charge in [0.15, 0.2) is 5.78 Å². The van der Waals surface area contributed by atoms with Crippen molar-refractivity contribution >= 4 is 23.3 Å². The van der Waals surface area contributed by atoms with E-state index >= 15 is 0 Å². The van der Waals surface area contributed by atoms with E-state index < -0.39 is 5.97 Å². The molecular weight excluding hydrogens is 234 g/mol. The Bertz CT molecular complexity index is 587. The van der Waals surface area contributed by atoms with Crippen LogP contribution in [0.4, 0.5) is 5.69 Å². The number of hydrogen-bond donors (Lipinski definition) is 2. The second-order valence-electron chi connectivity index (χ2n) is 4.07. The topological polar surface area (TPSA) is 83.5 Å². The van der Waals surface area contributed by atoms with Gasteiger partial charge in [-0.05, 0) is 23.8 Å². The third-order valence-corrected chi connectivity index (χ3v) is 2.64. The molecule has 1 aromatic rings. The first-order valence-corrected chi connectivity index (χ1v) is 5.36. The molecule has 0 unspecified atom stereocenters. The first kappa shape index (κ1) is 12.0. The first-order valence-electron chi connectivity index (χ1n) is 5.36. The molecule has 1 amide bonds. The van der Waals surface area contributed by atoms with Crippen LogP contribution in [0.5, 0.6) is 0 Å². The fourth-order valence-corrected chi connectivity index (χ4v) is 1.97. The van der Waals surface area contributed by atoms with Crippen LogP contribution in [0.15, 0.2) is 29.8 Å². The van der Waals surface area contributed by atoms with E-state index in [-0.39, 0.29) is 23.7 Å². The SMILES string of the molecule is CC(=O)Nc1ccc2c(c1)C/C(=C\C(=O)O)C2=O. The van der Waals surface area contributed by atoms with E-state index in [4.69, 9.17) is 5.11 Å². The summed E-state index contributed by atoms with van der Waals surface area (Å²) in [6, 6.07) is 4.92. The van der Waals surface area contributed by atoms with Crippen molar-refractivity contribution in [3.05, 3.63) is 41.0 Å². The maximum absolute atomic E-state index is 11.8. The summed E-state index contributed by atoms with van der Waals surface area (Å²) in [7, 11) is 0. The molecule has 1 aliphatic carbocycles. The summed E-state index contributed by atoms with van der Waals surface area (Å²) in [5, 5.41) is 11.3. The van der Waals surface area contributed by atoms with Crippen molar-refractivity contribution in [2.75, 3.05) is 5.32 Å². The van der Waals surface area contributed by atoms with Gasteiger partial charge >= 0.3 is 5.97 Å². The largest absolute Gasteiger partial charge is 0.478 e. The Morgan fingerprint density at radius 1 is 1.39 bits per heavy atom. The van der Waals surface area contributed by atoms with Crippen molar-refractivity contribution in [2.45, 2.75) is 13.3 Å². The summed E-state index contributed by atoms with van der Waals surface area (Å²) in [5.41, 5.74) is 2.10. The number of allylic oxidation sites excluding steroid dienone is 1. The second kappa shape index (κ2) is 4.44. The number of carbonyl (C=O) groups excluding carboxylic acids is 2. The van der Waals surface area contributed by atoms with E-state index in [0.717, 1.165) is 11.6 Å². The van der Waals surface area contributed by atoms with Gasteiger partial charge in [-0.1, -0.05) is 0 Å². The Balaban J connectivity index is 2.34. The van der Waals surface area contributed by atoms with Crippen molar-refractivity contribution in [3.63, 3.8) is 0 Å². The monoisotopic (exact) mass is 245 g/mol. The number of rotatable bonds is 2. The maximum atomic E-state index is 11.8. The lowest BCUT2D eigenvalue weighted by molar-refractivity contribution is -0.131. The Morgan fingerprint density at radius 3 is 2.72 bits per heavy atom. The van der Waals surface area contributed by atoms with Crippen LogP contribution in [0, 0.1) is 0 Å². The highest BCUT2D eigenvalue weighted by Gasteiger charge is 2.25. The van der Waals surface area contributed by atoms with Gasteiger partial charge in [0.1, 0.15) is 0 Å². The molecule has 2 rings (SSSR count). The number of hydrogen-bond acceptors (Lipinski definition) is 3. The average molecular weight is 245 g/mol. The van der Waals surface area contributed by atoms with Gasteiger partial charge in [0, 0.05) is 36.2 Å². The molecule has 0 fully saturated rings. The van der Waals surface area contributed by atoms with Crippen LogP contribution >= 0.6 is 0 Å². The molecule has 0 spiro atoms. The molecule has 5 heteroatoms. The molecule has 0 heterocycles. The van der Waals surface area contributed by atoms with Crippen LogP contribution in [0.1, 0.15) is 22.8 Å².